The van der Waals surface area contributed by atoms with Crippen molar-refractivity contribution in [2.45, 2.75) is 32.1 Å². The molecule has 0 saturated carbocycles. The highest BCUT2D eigenvalue weighted by Crippen LogP contribution is 2.08. The monoisotopic (exact) mass is 405 g/mol. The Balaban J connectivity index is 0. The number of carboxylic acids is 1. The highest BCUT2D eigenvalue weighted by atomic mass is 32.1. The van der Waals surface area contributed by atoms with E-state index in [0.29, 0.717) is 12.8 Å². The number of nitrogen functional groups attached to an aromatic ring is 1. The molecule has 12 nitrogen and oxygen atoms in total. The average Bonchev–Trinajstić information content (AvgIpc) is 2.62. The molecule has 5 N–H and O–H groups in total. The van der Waals surface area contributed by atoms with Crippen LogP contribution in [0.1, 0.15) is 32.1 Å². The van der Waals surface area contributed by atoms with Crippen molar-refractivity contribution in [3.8, 4) is 0 Å². The van der Waals surface area contributed by atoms with Gasteiger partial charge in [0.2, 0.25) is 5.78 Å². The van der Waals surface area contributed by atoms with E-state index in [0.717, 1.165) is 30.5 Å². The number of ketones is 1. The Kier molecular flexibility index (Phi) is 16.6. The number of nitrogens with zero attached hydrogens (tertiary/aromatic N) is 3. The molecule has 0 saturated heterocycles. The third kappa shape index (κ3) is 18.0. The Morgan fingerprint density at radius 3 is 2.37 bits per heavy atom. The molecule has 0 amide bonds. The summed E-state index contributed by atoms with van der Waals surface area (Å²) in [6.07, 6.45) is 4.52. The topological polar surface area (TPSA) is 192 Å². The molecule has 1 rings (SSSR count). The first-order chi connectivity index (χ1) is 12.6. The zero-order valence-corrected chi connectivity index (χ0v) is 15.6. The Labute approximate surface area is 161 Å². The largest absolute Gasteiger partial charge is 0.476 e. The van der Waals surface area contributed by atoms with Crippen LogP contribution in [0.2, 0.25) is 0 Å². The lowest BCUT2D eigenvalue weighted by Crippen LogP contribution is -2.21. The first-order valence-electron chi connectivity index (χ1n) is 7.51. The Bertz CT molecular complexity index is 584. The van der Waals surface area contributed by atoms with Crippen LogP contribution in [-0.4, -0.2) is 45.3 Å². The molecule has 0 unspecified atom stereocenters. The second-order valence-corrected chi connectivity index (χ2v) is 4.98. The van der Waals surface area contributed by atoms with Gasteiger partial charge in [-0.1, -0.05) is 6.42 Å². The number of hydrogen-bond acceptors (Lipinski definition) is 11. The number of thiol groups is 1. The maximum atomic E-state index is 10.5. The number of hydrogen-bond donors (Lipinski definition) is 4. The summed E-state index contributed by atoms with van der Waals surface area (Å²) in [5.41, 5.74) is 5.15. The molecule has 0 atom stereocenters. The minimum atomic E-state index is -1.37. The van der Waals surface area contributed by atoms with E-state index in [1.807, 2.05) is 0 Å². The lowest BCUT2D eigenvalue weighted by molar-refractivity contribution is -0.385. The summed E-state index contributed by atoms with van der Waals surface area (Å²) in [6.45, 7) is 0. The Hall–Kier alpha value is -2.61. The molecule has 0 spiro atoms. The van der Waals surface area contributed by atoms with E-state index in [9.17, 15) is 24.5 Å². The zero-order valence-electron chi connectivity index (χ0n) is 14.7. The number of unbranched alkanes of at least 4 members (excludes halogenated alkanes) is 3. The summed E-state index contributed by atoms with van der Waals surface area (Å²) < 4.78 is 4.06. The molecule has 0 fully saturated rings. The molecular formula is C14H23N5O7S. The van der Waals surface area contributed by atoms with Crippen molar-refractivity contribution < 1.29 is 28.7 Å². The van der Waals surface area contributed by atoms with E-state index < -0.39 is 16.7 Å². The molecule has 1 heterocycles. The fourth-order valence-electron chi connectivity index (χ4n) is 1.30. The van der Waals surface area contributed by atoms with Gasteiger partial charge in [0.15, 0.2) is 0 Å². The number of pyridine rings is 1. The number of nitrogens with two attached hydrogens (primary N) is 2. The lowest BCUT2D eigenvalue weighted by Gasteiger charge is -1.98. The number of carboxylic acid groups (broad SMARTS) is 1. The van der Waals surface area contributed by atoms with Gasteiger partial charge >= 0.3 is 5.97 Å². The maximum Gasteiger partial charge on any atom is 0.372 e. The van der Waals surface area contributed by atoms with Crippen LogP contribution in [0, 0.1) is 10.1 Å². The summed E-state index contributed by atoms with van der Waals surface area (Å²) in [6, 6.07) is 2.69. The Morgan fingerprint density at radius 2 is 2.00 bits per heavy atom. The molecule has 0 aliphatic heterocycles. The fraction of sp³-hybridized carbons (Fsp3) is 0.429. The second-order valence-electron chi connectivity index (χ2n) is 4.82. The first-order valence-corrected chi connectivity index (χ1v) is 7.87. The summed E-state index contributed by atoms with van der Waals surface area (Å²) in [5, 5.41) is 19.2. The number of aromatic nitrogens is 1. The van der Waals surface area contributed by atoms with E-state index >= 15 is 0 Å². The SMILES string of the molecule is CN(N)OS.Nc1ccc([N+](=O)[O-])cn1.O=CCCCCCC(=O)C(=O)O. The third-order valence-corrected chi connectivity index (χ3v) is 2.83. The highest BCUT2D eigenvalue weighted by Gasteiger charge is 2.09. The number of carbonyl (C=O) groups excluding carboxylic acids is 2. The predicted octanol–water partition coefficient (Wildman–Crippen LogP) is 0.930. The molecule has 1 aromatic rings. The van der Waals surface area contributed by atoms with Gasteiger partial charge < -0.3 is 15.6 Å². The number of anilines is 1. The van der Waals surface area contributed by atoms with Crippen LogP contribution >= 0.6 is 12.9 Å². The number of hydroxylamine groups is 1. The van der Waals surface area contributed by atoms with Crippen LogP contribution in [0.5, 0.6) is 0 Å². The van der Waals surface area contributed by atoms with E-state index in [2.05, 4.69) is 22.2 Å². The average molecular weight is 405 g/mol. The van der Waals surface area contributed by atoms with Crippen molar-refractivity contribution in [3.63, 3.8) is 0 Å². The molecule has 0 radical (unpaired) electrons. The number of aliphatic carboxylic acids is 1. The van der Waals surface area contributed by atoms with Crippen molar-refractivity contribution in [2.24, 2.45) is 5.84 Å². The van der Waals surface area contributed by atoms with E-state index in [4.69, 9.17) is 16.7 Å². The molecule has 13 heteroatoms. The van der Waals surface area contributed by atoms with Gasteiger partial charge in [-0.3, -0.25) is 14.9 Å². The molecule has 0 aliphatic carbocycles. The van der Waals surface area contributed by atoms with Gasteiger partial charge in [0.05, 0.1) is 4.92 Å². The zero-order chi connectivity index (χ0) is 21.2. The Morgan fingerprint density at radius 1 is 1.41 bits per heavy atom. The van der Waals surface area contributed by atoms with Crippen LogP contribution < -0.4 is 11.6 Å². The number of nitro groups is 1. The normalized spacial score (nSPS) is 9.33. The van der Waals surface area contributed by atoms with Crippen molar-refractivity contribution in [1.82, 2.24) is 10.2 Å². The van der Waals surface area contributed by atoms with Crippen molar-refractivity contribution >= 4 is 42.5 Å². The lowest BCUT2D eigenvalue weighted by atomic mass is 10.1. The van der Waals surface area contributed by atoms with E-state index in [-0.39, 0.29) is 17.9 Å². The number of rotatable bonds is 9. The highest BCUT2D eigenvalue weighted by molar-refractivity contribution is 7.75. The number of carbonyl (C=O) groups is 3. The molecule has 0 aliphatic rings. The molecule has 1 aromatic heterocycles. The molecule has 0 aromatic carbocycles. The van der Waals surface area contributed by atoms with Gasteiger partial charge in [0, 0.05) is 38.9 Å². The minimum absolute atomic E-state index is 0.0470. The summed E-state index contributed by atoms with van der Waals surface area (Å²) in [7, 11) is 1.53. The maximum absolute atomic E-state index is 10.5. The van der Waals surface area contributed by atoms with Gasteiger partial charge in [-0.05, 0) is 18.9 Å². The molecule has 152 valence electrons. The van der Waals surface area contributed by atoms with Crippen LogP contribution in [0.15, 0.2) is 18.3 Å². The fourth-order valence-corrected chi connectivity index (χ4v) is 1.30. The van der Waals surface area contributed by atoms with Crippen LogP contribution in [0.25, 0.3) is 0 Å². The molecule has 0 bridgehead atoms. The van der Waals surface area contributed by atoms with Gasteiger partial charge in [-0.2, -0.15) is 0 Å². The van der Waals surface area contributed by atoms with Crippen molar-refractivity contribution in [2.75, 3.05) is 12.8 Å². The van der Waals surface area contributed by atoms with Crippen molar-refractivity contribution in [3.05, 3.63) is 28.4 Å². The van der Waals surface area contributed by atoms with Gasteiger partial charge in [0.25, 0.3) is 5.69 Å². The smallest absolute Gasteiger partial charge is 0.372 e. The quantitative estimate of drug-likeness (QED) is 0.0667. The predicted molar refractivity (Wildman–Crippen MR) is 99.1 cm³/mol. The summed E-state index contributed by atoms with van der Waals surface area (Å²) >= 11 is 3.32. The van der Waals surface area contributed by atoms with Crippen LogP contribution in [-0.2, 0) is 18.7 Å². The van der Waals surface area contributed by atoms with E-state index in [1.54, 1.807) is 0 Å². The number of Topliss-reactive ketones (excluding diaryl/α,β-unsaturated/α-hetero) is 1. The second kappa shape index (κ2) is 16.8. The molecule has 27 heavy (non-hydrogen) atoms. The van der Waals surface area contributed by atoms with Crippen LogP contribution in [0.4, 0.5) is 11.5 Å². The molecular weight excluding hydrogens is 382 g/mol. The van der Waals surface area contributed by atoms with Gasteiger partial charge in [-0.25, -0.2) is 19.9 Å². The van der Waals surface area contributed by atoms with Gasteiger partial charge in [0.1, 0.15) is 18.3 Å². The minimum Gasteiger partial charge on any atom is -0.476 e. The van der Waals surface area contributed by atoms with E-state index in [1.165, 1.54) is 19.2 Å². The summed E-state index contributed by atoms with van der Waals surface area (Å²) in [5.74, 6) is 2.99. The first kappa shape index (κ1) is 26.6. The van der Waals surface area contributed by atoms with Crippen molar-refractivity contribution in [1.29, 1.82) is 0 Å². The van der Waals surface area contributed by atoms with Gasteiger partial charge in [-0.15, -0.1) is 5.17 Å². The third-order valence-electron chi connectivity index (χ3n) is 2.57. The summed E-state index contributed by atoms with van der Waals surface area (Å²) in [4.78, 5) is 43.4. The standard InChI is InChI=1S/C8H12O4.C5H5N3O2.CH6N2OS/c9-6-4-2-1-3-5-7(10)8(11)12;6-5-2-1-4(3-7-5)8(9)10;1-3(2)4-5/h6H,1-5H2,(H,11,12);1-3H,(H2,6,7);5H,2H2,1H3. The number of aldehydes is 1. The number of hydrazine groups is 1. The van der Waals surface area contributed by atoms with Crippen LogP contribution in [0.3, 0.4) is 0 Å².